The highest BCUT2D eigenvalue weighted by Gasteiger charge is 2.20. The van der Waals surface area contributed by atoms with E-state index in [1.807, 2.05) is 13.0 Å². The summed E-state index contributed by atoms with van der Waals surface area (Å²) in [6.07, 6.45) is -1.97. The summed E-state index contributed by atoms with van der Waals surface area (Å²) in [5.41, 5.74) is 5.85. The van der Waals surface area contributed by atoms with E-state index in [1.54, 1.807) is 18.2 Å². The Morgan fingerprint density at radius 3 is 2.60 bits per heavy atom. The van der Waals surface area contributed by atoms with Crippen molar-refractivity contribution < 1.29 is 14.9 Å². The van der Waals surface area contributed by atoms with Crippen LogP contribution in [0.5, 0.6) is 5.75 Å². The summed E-state index contributed by atoms with van der Waals surface area (Å²) in [7, 11) is 0. The second-order valence-electron chi connectivity index (χ2n) is 3.22. The van der Waals surface area contributed by atoms with Crippen LogP contribution in [0.3, 0.4) is 0 Å². The zero-order valence-electron chi connectivity index (χ0n) is 8.76. The van der Waals surface area contributed by atoms with Crippen LogP contribution in [0, 0.1) is 0 Å². The van der Waals surface area contributed by atoms with Crippen molar-refractivity contribution in [2.45, 2.75) is 19.1 Å². The minimum atomic E-state index is -1.00. The minimum Gasteiger partial charge on any atom is -0.493 e. The molecule has 0 radical (unpaired) electrons. The molecule has 0 saturated carbocycles. The van der Waals surface area contributed by atoms with Gasteiger partial charge in [-0.25, -0.2) is 0 Å². The molecule has 0 heterocycles. The Labute approximate surface area is 89.3 Å². The Hall–Kier alpha value is -1.10. The molecule has 84 valence electrons. The van der Waals surface area contributed by atoms with E-state index < -0.39 is 12.2 Å². The van der Waals surface area contributed by atoms with E-state index in [-0.39, 0.29) is 6.54 Å². The van der Waals surface area contributed by atoms with E-state index in [1.165, 1.54) is 0 Å². The monoisotopic (exact) mass is 211 g/mol. The van der Waals surface area contributed by atoms with Gasteiger partial charge >= 0.3 is 0 Å². The first-order chi connectivity index (χ1) is 7.20. The molecule has 0 aliphatic rings. The first-order valence-corrected chi connectivity index (χ1v) is 4.98. The standard InChI is InChI=1S/C11H17NO3/c1-2-15-10-6-4-3-5-8(10)11(14)9(13)7-12/h3-6,9,11,13-14H,2,7,12H2,1H3. The maximum absolute atomic E-state index is 9.79. The zero-order valence-corrected chi connectivity index (χ0v) is 8.76. The van der Waals surface area contributed by atoms with Crippen LogP contribution in [0.15, 0.2) is 24.3 Å². The molecular formula is C11H17NO3. The summed E-state index contributed by atoms with van der Waals surface area (Å²) in [5.74, 6) is 0.583. The molecule has 0 spiro atoms. The van der Waals surface area contributed by atoms with E-state index in [9.17, 15) is 10.2 Å². The third kappa shape index (κ3) is 2.92. The molecule has 0 aromatic heterocycles. The molecule has 15 heavy (non-hydrogen) atoms. The average Bonchev–Trinajstić information content (AvgIpc) is 2.28. The number of aliphatic hydroxyl groups excluding tert-OH is 2. The van der Waals surface area contributed by atoms with Crippen molar-refractivity contribution in [3.8, 4) is 5.75 Å². The number of nitrogens with two attached hydrogens (primary N) is 1. The number of rotatable bonds is 5. The van der Waals surface area contributed by atoms with E-state index in [0.717, 1.165) is 0 Å². The van der Waals surface area contributed by atoms with Crippen LogP contribution in [-0.2, 0) is 0 Å². The molecule has 4 N–H and O–H groups in total. The third-order valence-electron chi connectivity index (χ3n) is 2.14. The van der Waals surface area contributed by atoms with Gasteiger partial charge in [-0.2, -0.15) is 0 Å². The van der Waals surface area contributed by atoms with Gasteiger partial charge < -0.3 is 20.7 Å². The molecular weight excluding hydrogens is 194 g/mol. The van der Waals surface area contributed by atoms with Crippen LogP contribution >= 0.6 is 0 Å². The number of ether oxygens (including phenoxy) is 1. The average molecular weight is 211 g/mol. The van der Waals surface area contributed by atoms with Crippen molar-refractivity contribution in [3.63, 3.8) is 0 Å². The van der Waals surface area contributed by atoms with Gasteiger partial charge in [-0.15, -0.1) is 0 Å². The van der Waals surface area contributed by atoms with Gasteiger partial charge in [0.25, 0.3) is 0 Å². The van der Waals surface area contributed by atoms with Crippen molar-refractivity contribution in [1.82, 2.24) is 0 Å². The molecule has 0 amide bonds. The summed E-state index contributed by atoms with van der Waals surface area (Å²) in [6.45, 7) is 2.40. The second kappa shape index (κ2) is 5.70. The van der Waals surface area contributed by atoms with Gasteiger partial charge in [0.05, 0.1) is 12.7 Å². The molecule has 2 unspecified atom stereocenters. The molecule has 4 heteroatoms. The van der Waals surface area contributed by atoms with Gasteiger partial charge in [0.2, 0.25) is 0 Å². The van der Waals surface area contributed by atoms with Crippen LogP contribution in [-0.4, -0.2) is 29.5 Å². The molecule has 0 saturated heterocycles. The van der Waals surface area contributed by atoms with Crippen LogP contribution in [0.4, 0.5) is 0 Å². The lowest BCUT2D eigenvalue weighted by molar-refractivity contribution is 0.0226. The van der Waals surface area contributed by atoms with Gasteiger partial charge in [-0.3, -0.25) is 0 Å². The Balaban J connectivity index is 2.91. The summed E-state index contributed by atoms with van der Waals surface area (Å²) in [5, 5.41) is 19.2. The SMILES string of the molecule is CCOc1ccccc1C(O)C(O)CN. The lowest BCUT2D eigenvalue weighted by Gasteiger charge is -2.19. The van der Waals surface area contributed by atoms with Crippen molar-refractivity contribution in [2.24, 2.45) is 5.73 Å². The topological polar surface area (TPSA) is 75.7 Å². The van der Waals surface area contributed by atoms with Gasteiger partial charge in [0.1, 0.15) is 11.9 Å². The van der Waals surface area contributed by atoms with Gasteiger partial charge in [-0.05, 0) is 13.0 Å². The number of para-hydroxylation sites is 1. The van der Waals surface area contributed by atoms with E-state index in [2.05, 4.69) is 0 Å². The quantitative estimate of drug-likeness (QED) is 0.660. The Morgan fingerprint density at radius 1 is 1.33 bits per heavy atom. The van der Waals surface area contributed by atoms with Crippen molar-refractivity contribution in [1.29, 1.82) is 0 Å². The first-order valence-electron chi connectivity index (χ1n) is 4.98. The first kappa shape index (κ1) is 12.0. The van der Waals surface area contributed by atoms with Crippen molar-refractivity contribution >= 4 is 0 Å². The summed E-state index contributed by atoms with van der Waals surface area (Å²) in [4.78, 5) is 0. The summed E-state index contributed by atoms with van der Waals surface area (Å²) >= 11 is 0. The smallest absolute Gasteiger partial charge is 0.125 e. The maximum Gasteiger partial charge on any atom is 0.125 e. The van der Waals surface area contributed by atoms with E-state index >= 15 is 0 Å². The predicted molar refractivity (Wildman–Crippen MR) is 57.6 cm³/mol. The van der Waals surface area contributed by atoms with Crippen LogP contribution in [0.1, 0.15) is 18.6 Å². The fraction of sp³-hybridized carbons (Fsp3) is 0.455. The molecule has 0 fully saturated rings. The molecule has 0 aliphatic heterocycles. The summed E-state index contributed by atoms with van der Waals surface area (Å²) in [6, 6.07) is 7.07. The fourth-order valence-electron chi connectivity index (χ4n) is 1.35. The Kier molecular flexibility index (Phi) is 4.55. The molecule has 0 bridgehead atoms. The van der Waals surface area contributed by atoms with Crippen molar-refractivity contribution in [2.75, 3.05) is 13.2 Å². The van der Waals surface area contributed by atoms with E-state index in [4.69, 9.17) is 10.5 Å². The van der Waals surface area contributed by atoms with Crippen LogP contribution < -0.4 is 10.5 Å². The maximum atomic E-state index is 9.79. The molecule has 1 aromatic carbocycles. The van der Waals surface area contributed by atoms with Crippen molar-refractivity contribution in [3.05, 3.63) is 29.8 Å². The Morgan fingerprint density at radius 2 is 2.00 bits per heavy atom. The van der Waals surface area contributed by atoms with Crippen LogP contribution in [0.25, 0.3) is 0 Å². The third-order valence-corrected chi connectivity index (χ3v) is 2.14. The highest BCUT2D eigenvalue weighted by Crippen LogP contribution is 2.26. The fourth-order valence-corrected chi connectivity index (χ4v) is 1.35. The number of hydrogen-bond acceptors (Lipinski definition) is 4. The van der Waals surface area contributed by atoms with Gasteiger partial charge in [0, 0.05) is 12.1 Å². The number of aliphatic hydroxyl groups is 2. The zero-order chi connectivity index (χ0) is 11.3. The number of hydrogen-bond donors (Lipinski definition) is 3. The summed E-state index contributed by atoms with van der Waals surface area (Å²) < 4.78 is 5.34. The van der Waals surface area contributed by atoms with Crippen LogP contribution in [0.2, 0.25) is 0 Å². The lowest BCUT2D eigenvalue weighted by atomic mass is 10.0. The Bertz CT molecular complexity index is 304. The molecule has 2 atom stereocenters. The van der Waals surface area contributed by atoms with Gasteiger partial charge in [-0.1, -0.05) is 18.2 Å². The molecule has 1 aromatic rings. The molecule has 0 aliphatic carbocycles. The molecule has 4 nitrogen and oxygen atoms in total. The van der Waals surface area contributed by atoms with Gasteiger partial charge in [0.15, 0.2) is 0 Å². The molecule has 1 rings (SSSR count). The minimum absolute atomic E-state index is 0.0155. The normalized spacial score (nSPS) is 14.7. The predicted octanol–water partition coefficient (Wildman–Crippen LogP) is 0.438. The lowest BCUT2D eigenvalue weighted by Crippen LogP contribution is -2.27. The highest BCUT2D eigenvalue weighted by molar-refractivity contribution is 5.35. The second-order valence-corrected chi connectivity index (χ2v) is 3.22. The largest absolute Gasteiger partial charge is 0.493 e. The highest BCUT2D eigenvalue weighted by atomic mass is 16.5. The van der Waals surface area contributed by atoms with E-state index in [0.29, 0.717) is 17.9 Å². The number of benzene rings is 1.